The molecule has 2 aliphatic heterocycles. The molecule has 0 radical (unpaired) electrons. The average molecular weight is 410 g/mol. The van der Waals surface area contributed by atoms with Crippen LogP contribution in [-0.4, -0.2) is 54.4 Å². The van der Waals surface area contributed by atoms with Gasteiger partial charge in [0.1, 0.15) is 11.9 Å². The molecule has 0 aliphatic carbocycles. The number of aromatic hydroxyl groups is 1. The lowest BCUT2D eigenvalue weighted by molar-refractivity contribution is 0.00628. The van der Waals surface area contributed by atoms with Gasteiger partial charge in [0, 0.05) is 37.3 Å². The monoisotopic (exact) mass is 410 g/mol. The molecule has 2 bridgehead atoms. The third-order valence-electron chi connectivity index (χ3n) is 5.86. The van der Waals surface area contributed by atoms with E-state index in [4.69, 9.17) is 4.74 Å². The van der Waals surface area contributed by atoms with Gasteiger partial charge in [0.05, 0.1) is 18.0 Å². The van der Waals surface area contributed by atoms with E-state index in [0.717, 1.165) is 30.4 Å². The van der Waals surface area contributed by atoms with Gasteiger partial charge in [-0.3, -0.25) is 4.68 Å². The first-order valence-electron chi connectivity index (χ1n) is 10.2. The van der Waals surface area contributed by atoms with Crippen LogP contribution in [0.4, 0.5) is 4.39 Å². The lowest BCUT2D eigenvalue weighted by Crippen LogP contribution is -2.59. The van der Waals surface area contributed by atoms with Crippen molar-refractivity contribution in [3.63, 3.8) is 0 Å². The molecule has 156 valence electrons. The Hall–Kier alpha value is -3.07. The number of ether oxygens (including phenoxy) is 1. The summed E-state index contributed by atoms with van der Waals surface area (Å²) < 4.78 is 22.2. The quantitative estimate of drug-likeness (QED) is 0.682. The Balaban J connectivity index is 1.31. The van der Waals surface area contributed by atoms with Gasteiger partial charge in [0.25, 0.3) is 5.88 Å². The summed E-state index contributed by atoms with van der Waals surface area (Å²) in [4.78, 5) is 4.27. The predicted molar refractivity (Wildman–Crippen MR) is 108 cm³/mol. The fraction of sp³-hybridized carbons (Fsp3) is 0.429. The molecule has 2 N–H and O–H groups in total. The molecule has 3 aromatic rings. The lowest BCUT2D eigenvalue weighted by atomic mass is 9.84. The van der Waals surface area contributed by atoms with E-state index in [1.807, 2.05) is 19.3 Å². The standard InChI is InChI=1S/C21H23FN6O2/c1-28-11-13(9-24-28)12-5-6-15(17(29)7-12)21-23-10-19(26-27-21)30-18-8-14-3-2-4-16(25-14)20(18)22/h5-7,9-11,14,16,18,20,25,29H,2-4,8H2,1H3/t14-,16+,18-,20+/m0/s1. The number of piperidine rings is 2. The summed E-state index contributed by atoms with van der Waals surface area (Å²) >= 11 is 0. The largest absolute Gasteiger partial charge is 0.507 e. The van der Waals surface area contributed by atoms with Crippen LogP contribution in [0.1, 0.15) is 25.7 Å². The highest BCUT2D eigenvalue weighted by Crippen LogP contribution is 2.32. The first-order chi connectivity index (χ1) is 14.6. The summed E-state index contributed by atoms with van der Waals surface area (Å²) in [5, 5.41) is 26.1. The van der Waals surface area contributed by atoms with Crippen LogP contribution >= 0.6 is 0 Å². The molecular weight excluding hydrogens is 387 g/mol. The summed E-state index contributed by atoms with van der Waals surface area (Å²) in [6.45, 7) is 0. The normalized spacial score (nSPS) is 25.8. The minimum absolute atomic E-state index is 0.0434. The summed E-state index contributed by atoms with van der Waals surface area (Å²) in [6.07, 6.45) is 6.93. The second kappa shape index (κ2) is 7.64. The number of benzene rings is 1. The maximum atomic E-state index is 14.7. The van der Waals surface area contributed by atoms with Gasteiger partial charge < -0.3 is 15.2 Å². The van der Waals surface area contributed by atoms with Crippen molar-refractivity contribution in [3.8, 4) is 34.1 Å². The van der Waals surface area contributed by atoms with E-state index >= 15 is 0 Å². The minimum atomic E-state index is -1.08. The fourth-order valence-corrected chi connectivity index (χ4v) is 4.34. The zero-order valence-corrected chi connectivity index (χ0v) is 16.6. The van der Waals surface area contributed by atoms with E-state index in [9.17, 15) is 9.50 Å². The molecule has 2 saturated heterocycles. The van der Waals surface area contributed by atoms with Crippen LogP contribution in [-0.2, 0) is 7.05 Å². The Labute approximate surface area is 173 Å². The van der Waals surface area contributed by atoms with Gasteiger partial charge in [-0.2, -0.15) is 5.10 Å². The number of aryl methyl sites for hydroxylation is 1. The Morgan fingerprint density at radius 1 is 1.20 bits per heavy atom. The van der Waals surface area contributed by atoms with Gasteiger partial charge in [-0.1, -0.05) is 12.5 Å². The number of phenolic OH excluding ortho intramolecular Hbond substituents is 1. The summed E-state index contributed by atoms with van der Waals surface area (Å²) in [5.74, 6) is 0.510. The van der Waals surface area contributed by atoms with Crippen LogP contribution in [0.5, 0.6) is 11.6 Å². The Morgan fingerprint density at radius 3 is 2.83 bits per heavy atom. The number of phenols is 1. The molecule has 1 aromatic carbocycles. The average Bonchev–Trinajstić information content (AvgIpc) is 3.19. The van der Waals surface area contributed by atoms with Crippen molar-refractivity contribution in [2.75, 3.05) is 0 Å². The Bertz CT molecular complexity index is 1040. The summed E-state index contributed by atoms with van der Waals surface area (Å²) in [6, 6.07) is 5.37. The van der Waals surface area contributed by atoms with Crippen molar-refractivity contribution in [1.29, 1.82) is 0 Å². The number of fused-ring (bicyclic) bond motifs is 2. The number of alkyl halides is 1. The zero-order valence-electron chi connectivity index (χ0n) is 16.6. The van der Waals surface area contributed by atoms with Crippen molar-refractivity contribution in [3.05, 3.63) is 36.8 Å². The molecule has 8 nitrogen and oxygen atoms in total. The van der Waals surface area contributed by atoms with Crippen LogP contribution in [0.15, 0.2) is 36.8 Å². The molecule has 4 atom stereocenters. The van der Waals surface area contributed by atoms with E-state index in [0.29, 0.717) is 12.0 Å². The second-order valence-electron chi connectivity index (χ2n) is 7.99. The molecule has 5 rings (SSSR count). The first kappa shape index (κ1) is 18.9. The van der Waals surface area contributed by atoms with Crippen LogP contribution in [0, 0.1) is 0 Å². The molecule has 2 aromatic heterocycles. The minimum Gasteiger partial charge on any atom is -0.507 e. The maximum absolute atomic E-state index is 14.7. The van der Waals surface area contributed by atoms with Crippen molar-refractivity contribution >= 4 is 0 Å². The zero-order chi connectivity index (χ0) is 20.7. The molecule has 30 heavy (non-hydrogen) atoms. The lowest BCUT2D eigenvalue weighted by Gasteiger charge is -2.42. The second-order valence-corrected chi connectivity index (χ2v) is 7.99. The fourth-order valence-electron chi connectivity index (χ4n) is 4.34. The molecule has 4 heterocycles. The van der Waals surface area contributed by atoms with E-state index in [-0.39, 0.29) is 29.5 Å². The number of hydrogen-bond acceptors (Lipinski definition) is 7. The van der Waals surface area contributed by atoms with Gasteiger partial charge in [-0.15, -0.1) is 10.2 Å². The smallest absolute Gasteiger partial charge is 0.252 e. The third-order valence-corrected chi connectivity index (χ3v) is 5.86. The summed E-state index contributed by atoms with van der Waals surface area (Å²) in [5.41, 5.74) is 2.19. The van der Waals surface area contributed by atoms with E-state index in [2.05, 4.69) is 25.6 Å². The summed E-state index contributed by atoms with van der Waals surface area (Å²) in [7, 11) is 1.84. The highest BCUT2D eigenvalue weighted by molar-refractivity contribution is 5.72. The molecule has 2 fully saturated rings. The van der Waals surface area contributed by atoms with Crippen LogP contribution in [0.3, 0.4) is 0 Å². The van der Waals surface area contributed by atoms with Crippen molar-refractivity contribution < 1.29 is 14.2 Å². The maximum Gasteiger partial charge on any atom is 0.252 e. The van der Waals surface area contributed by atoms with E-state index < -0.39 is 12.3 Å². The van der Waals surface area contributed by atoms with Crippen molar-refractivity contribution in [2.24, 2.45) is 7.05 Å². The van der Waals surface area contributed by atoms with E-state index in [1.54, 1.807) is 23.0 Å². The third kappa shape index (κ3) is 3.60. The number of halogens is 1. The Morgan fingerprint density at radius 2 is 2.10 bits per heavy atom. The van der Waals surface area contributed by atoms with E-state index in [1.165, 1.54) is 6.20 Å². The highest BCUT2D eigenvalue weighted by Gasteiger charge is 2.41. The number of rotatable bonds is 4. The number of hydrogen-bond donors (Lipinski definition) is 2. The first-order valence-corrected chi connectivity index (χ1v) is 10.2. The van der Waals surface area contributed by atoms with Gasteiger partial charge in [-0.05, 0) is 30.5 Å². The van der Waals surface area contributed by atoms with Crippen LogP contribution in [0.25, 0.3) is 22.5 Å². The van der Waals surface area contributed by atoms with Gasteiger partial charge in [0.2, 0.25) is 0 Å². The van der Waals surface area contributed by atoms with Crippen molar-refractivity contribution in [2.45, 2.75) is 50.0 Å². The Kier molecular flexibility index (Phi) is 4.82. The number of nitrogens with zero attached hydrogens (tertiary/aromatic N) is 5. The topological polar surface area (TPSA) is 98.0 Å². The molecular formula is C21H23FN6O2. The van der Waals surface area contributed by atoms with Crippen LogP contribution in [0.2, 0.25) is 0 Å². The molecule has 9 heteroatoms. The van der Waals surface area contributed by atoms with Gasteiger partial charge >= 0.3 is 0 Å². The predicted octanol–water partition coefficient (Wildman–Crippen LogP) is 2.64. The van der Waals surface area contributed by atoms with Crippen molar-refractivity contribution in [1.82, 2.24) is 30.3 Å². The van der Waals surface area contributed by atoms with Crippen LogP contribution < -0.4 is 10.1 Å². The van der Waals surface area contributed by atoms with Gasteiger partial charge in [0.15, 0.2) is 12.0 Å². The molecule has 2 aliphatic rings. The highest BCUT2D eigenvalue weighted by atomic mass is 19.1. The number of aromatic nitrogens is 5. The molecule has 0 unspecified atom stereocenters. The number of nitrogens with one attached hydrogen (secondary N) is 1. The SMILES string of the molecule is Cn1cc(-c2ccc(-c3ncc(O[C@H]4C[C@@H]5CCC[C@@H](N5)[C@H]4F)nn3)c(O)c2)cn1. The molecule has 0 saturated carbocycles. The van der Waals surface area contributed by atoms with Gasteiger partial charge in [-0.25, -0.2) is 9.37 Å². The molecule has 0 amide bonds. The molecule has 0 spiro atoms.